The van der Waals surface area contributed by atoms with Gasteiger partial charge in [0, 0.05) is 12.6 Å². The molecule has 0 saturated heterocycles. The maximum absolute atomic E-state index is 13.3. The van der Waals surface area contributed by atoms with Crippen molar-refractivity contribution in [3.63, 3.8) is 0 Å². The fourth-order valence-corrected chi connectivity index (χ4v) is 2.30. The zero-order valence-corrected chi connectivity index (χ0v) is 10.3. The Morgan fingerprint density at radius 2 is 2.00 bits per heavy atom. The number of sulfonamides is 1. The quantitative estimate of drug-likeness (QED) is 0.708. The van der Waals surface area contributed by atoms with Gasteiger partial charge in [0.15, 0.2) is 0 Å². The third kappa shape index (κ3) is 3.70. The van der Waals surface area contributed by atoms with E-state index in [-0.39, 0.29) is 0 Å². The summed E-state index contributed by atoms with van der Waals surface area (Å²) in [6, 6.07) is 2.03. The van der Waals surface area contributed by atoms with E-state index in [1.807, 2.05) is 4.72 Å². The van der Waals surface area contributed by atoms with E-state index in [2.05, 4.69) is 0 Å². The summed E-state index contributed by atoms with van der Waals surface area (Å²) in [6.07, 6.45) is 0. The first kappa shape index (κ1) is 15.0. The average Bonchev–Trinajstić information content (AvgIpc) is 2.26. The molecule has 0 aliphatic carbocycles. The number of hydrogen-bond donors (Lipinski definition) is 3. The number of aliphatic hydroxyl groups is 2. The summed E-state index contributed by atoms with van der Waals surface area (Å²) < 4.78 is 51.2. The van der Waals surface area contributed by atoms with Gasteiger partial charge in [0.25, 0.3) is 0 Å². The van der Waals surface area contributed by atoms with Crippen LogP contribution in [-0.2, 0) is 10.0 Å². The van der Waals surface area contributed by atoms with Gasteiger partial charge in [0.05, 0.1) is 12.2 Å². The van der Waals surface area contributed by atoms with Crippen LogP contribution in [-0.4, -0.2) is 37.4 Å². The standard InChI is InChI=1S/C10H13F2NO4S/c1-10(15,6-14)5-13-18(16,17)9-3-2-7(11)4-8(9)12/h2-4,13-15H,5-6H2,1H3. The van der Waals surface area contributed by atoms with Crippen LogP contribution in [0.5, 0.6) is 0 Å². The molecule has 0 aromatic heterocycles. The molecule has 0 saturated carbocycles. The second-order valence-electron chi connectivity index (χ2n) is 4.05. The second-order valence-corrected chi connectivity index (χ2v) is 5.79. The highest BCUT2D eigenvalue weighted by molar-refractivity contribution is 7.89. The van der Waals surface area contributed by atoms with E-state index in [4.69, 9.17) is 5.11 Å². The minimum atomic E-state index is -4.21. The molecule has 1 aromatic carbocycles. The minimum absolute atomic E-state index is 0.443. The van der Waals surface area contributed by atoms with Crippen LogP contribution in [0.2, 0.25) is 0 Å². The Bertz CT molecular complexity index is 531. The third-order valence-electron chi connectivity index (χ3n) is 2.17. The summed E-state index contributed by atoms with van der Waals surface area (Å²) >= 11 is 0. The molecule has 0 amide bonds. The summed E-state index contributed by atoms with van der Waals surface area (Å²) in [5.41, 5.74) is -1.66. The molecule has 1 unspecified atom stereocenters. The molecule has 0 fully saturated rings. The number of rotatable bonds is 5. The maximum Gasteiger partial charge on any atom is 0.243 e. The van der Waals surface area contributed by atoms with Crippen molar-refractivity contribution in [3.8, 4) is 0 Å². The molecule has 3 N–H and O–H groups in total. The molecule has 0 bridgehead atoms. The highest BCUT2D eigenvalue weighted by Crippen LogP contribution is 2.15. The summed E-state index contributed by atoms with van der Waals surface area (Å²) in [4.78, 5) is -0.724. The second kappa shape index (κ2) is 5.27. The zero-order valence-electron chi connectivity index (χ0n) is 9.52. The molecule has 0 aliphatic rings. The fourth-order valence-electron chi connectivity index (χ4n) is 1.08. The van der Waals surface area contributed by atoms with E-state index < -0.39 is 45.3 Å². The number of nitrogens with one attached hydrogen (secondary N) is 1. The molecule has 0 aliphatic heterocycles. The largest absolute Gasteiger partial charge is 0.393 e. The highest BCUT2D eigenvalue weighted by Gasteiger charge is 2.25. The first-order valence-corrected chi connectivity index (χ1v) is 6.44. The van der Waals surface area contributed by atoms with Crippen molar-refractivity contribution in [1.29, 1.82) is 0 Å². The molecule has 5 nitrogen and oxygen atoms in total. The predicted octanol–water partition coefficient (Wildman–Crippen LogP) is -0.0136. The lowest BCUT2D eigenvalue weighted by Crippen LogP contribution is -2.43. The van der Waals surface area contributed by atoms with Crippen LogP contribution < -0.4 is 4.72 Å². The van der Waals surface area contributed by atoms with Gasteiger partial charge in [-0.3, -0.25) is 0 Å². The Morgan fingerprint density at radius 3 is 2.50 bits per heavy atom. The first-order chi connectivity index (χ1) is 8.18. The van der Waals surface area contributed by atoms with Gasteiger partial charge >= 0.3 is 0 Å². The summed E-state index contributed by atoms with van der Waals surface area (Å²) in [5.74, 6) is -2.13. The third-order valence-corrected chi connectivity index (χ3v) is 3.60. The lowest BCUT2D eigenvalue weighted by atomic mass is 10.1. The molecule has 0 radical (unpaired) electrons. The van der Waals surface area contributed by atoms with Gasteiger partial charge in [-0.15, -0.1) is 0 Å². The first-order valence-electron chi connectivity index (χ1n) is 4.96. The topological polar surface area (TPSA) is 86.6 Å². The van der Waals surface area contributed by atoms with Crippen molar-refractivity contribution in [1.82, 2.24) is 4.72 Å². The Kier molecular flexibility index (Phi) is 4.38. The summed E-state index contributed by atoms with van der Waals surface area (Å²) in [7, 11) is -4.21. The SMILES string of the molecule is CC(O)(CO)CNS(=O)(=O)c1ccc(F)cc1F. The van der Waals surface area contributed by atoms with Gasteiger partial charge in [-0.1, -0.05) is 0 Å². The zero-order chi connectivity index (χ0) is 14.0. The molecule has 1 rings (SSSR count). The summed E-state index contributed by atoms with van der Waals surface area (Å²) in [5, 5.41) is 18.2. The van der Waals surface area contributed by atoms with Gasteiger partial charge in [-0.25, -0.2) is 21.9 Å². The van der Waals surface area contributed by atoms with Crippen LogP contribution in [0.15, 0.2) is 23.1 Å². The van der Waals surface area contributed by atoms with Crippen LogP contribution >= 0.6 is 0 Å². The number of aliphatic hydroxyl groups excluding tert-OH is 1. The number of benzene rings is 1. The predicted molar refractivity (Wildman–Crippen MR) is 59.3 cm³/mol. The molecule has 102 valence electrons. The van der Waals surface area contributed by atoms with Crippen molar-refractivity contribution in [3.05, 3.63) is 29.8 Å². The van der Waals surface area contributed by atoms with Crippen LogP contribution in [0.1, 0.15) is 6.92 Å². The van der Waals surface area contributed by atoms with E-state index in [0.717, 1.165) is 12.1 Å². The molecule has 1 aromatic rings. The monoisotopic (exact) mass is 281 g/mol. The smallest absolute Gasteiger partial charge is 0.243 e. The van der Waals surface area contributed by atoms with Gasteiger partial charge in [-0.05, 0) is 19.1 Å². The maximum atomic E-state index is 13.3. The Morgan fingerprint density at radius 1 is 1.39 bits per heavy atom. The molecule has 0 heterocycles. The van der Waals surface area contributed by atoms with Crippen LogP contribution in [0, 0.1) is 11.6 Å². The lowest BCUT2D eigenvalue weighted by Gasteiger charge is -2.20. The molecule has 1 atom stereocenters. The van der Waals surface area contributed by atoms with Gasteiger partial charge in [0.1, 0.15) is 16.5 Å². The molecular formula is C10H13F2NO4S. The number of halogens is 2. The Balaban J connectivity index is 2.94. The van der Waals surface area contributed by atoms with Gasteiger partial charge in [0.2, 0.25) is 10.0 Å². The molecule has 8 heteroatoms. The molecule has 18 heavy (non-hydrogen) atoms. The van der Waals surface area contributed by atoms with Crippen molar-refractivity contribution in [2.24, 2.45) is 0 Å². The normalized spacial score (nSPS) is 15.4. The van der Waals surface area contributed by atoms with Gasteiger partial charge < -0.3 is 10.2 Å². The minimum Gasteiger partial charge on any atom is -0.393 e. The highest BCUT2D eigenvalue weighted by atomic mass is 32.2. The van der Waals surface area contributed by atoms with E-state index in [0.29, 0.717) is 6.07 Å². The van der Waals surface area contributed by atoms with Crippen molar-refractivity contribution < 1.29 is 27.4 Å². The molecular weight excluding hydrogens is 268 g/mol. The van der Waals surface area contributed by atoms with Crippen molar-refractivity contribution >= 4 is 10.0 Å². The van der Waals surface area contributed by atoms with E-state index in [1.165, 1.54) is 6.92 Å². The van der Waals surface area contributed by atoms with E-state index in [9.17, 15) is 22.3 Å². The van der Waals surface area contributed by atoms with Crippen LogP contribution in [0.4, 0.5) is 8.78 Å². The van der Waals surface area contributed by atoms with E-state index >= 15 is 0 Å². The number of hydrogen-bond acceptors (Lipinski definition) is 4. The fraction of sp³-hybridized carbons (Fsp3) is 0.400. The van der Waals surface area contributed by atoms with Crippen LogP contribution in [0.25, 0.3) is 0 Å². The van der Waals surface area contributed by atoms with Crippen molar-refractivity contribution in [2.75, 3.05) is 13.2 Å². The van der Waals surface area contributed by atoms with Gasteiger partial charge in [-0.2, -0.15) is 0 Å². The Labute approximate surface area is 103 Å². The average molecular weight is 281 g/mol. The van der Waals surface area contributed by atoms with Crippen LogP contribution in [0.3, 0.4) is 0 Å². The van der Waals surface area contributed by atoms with E-state index in [1.54, 1.807) is 0 Å². The molecule has 0 spiro atoms. The van der Waals surface area contributed by atoms with Crippen molar-refractivity contribution in [2.45, 2.75) is 17.4 Å². The summed E-state index contributed by atoms with van der Waals surface area (Å²) in [6.45, 7) is 0.0423. The Hall–Kier alpha value is -1.09. The lowest BCUT2D eigenvalue weighted by molar-refractivity contribution is 0.00680.